The summed E-state index contributed by atoms with van der Waals surface area (Å²) in [6, 6.07) is 1.25. The van der Waals surface area contributed by atoms with E-state index in [1.165, 1.54) is 6.07 Å². The monoisotopic (exact) mass is 390 g/mol. The predicted molar refractivity (Wildman–Crippen MR) is 105 cm³/mol. The summed E-state index contributed by atoms with van der Waals surface area (Å²) in [5.74, 6) is 0.770. The third kappa shape index (κ3) is 4.78. The van der Waals surface area contributed by atoms with E-state index in [1.54, 1.807) is 0 Å². The van der Waals surface area contributed by atoms with Crippen molar-refractivity contribution in [3.8, 4) is 6.01 Å². The molecule has 2 aromatic heterocycles. The van der Waals surface area contributed by atoms with Gasteiger partial charge >= 0.3 is 11.6 Å². The summed E-state index contributed by atoms with van der Waals surface area (Å²) in [6.07, 6.45) is 4.05. The zero-order valence-electron chi connectivity index (χ0n) is 16.3. The number of aryl methyl sites for hydroxylation is 1. The number of hydrogen-bond acceptors (Lipinski definition) is 7. The number of H-pyrrole nitrogens is 1. The van der Waals surface area contributed by atoms with Crippen molar-refractivity contribution in [1.82, 2.24) is 14.9 Å². The Balaban J connectivity index is 1.90. The van der Waals surface area contributed by atoms with Gasteiger partial charge < -0.3 is 18.9 Å². The van der Waals surface area contributed by atoms with Gasteiger partial charge in [-0.05, 0) is 24.8 Å². The number of nitrogens with one attached hydrogen (secondary N) is 1. The Morgan fingerprint density at radius 1 is 1.29 bits per heavy atom. The number of rotatable bonds is 7. The Bertz CT molecular complexity index is 943. The first-order valence-electron chi connectivity index (χ1n) is 9.76. The van der Waals surface area contributed by atoms with E-state index in [-0.39, 0.29) is 17.1 Å². The van der Waals surface area contributed by atoms with Gasteiger partial charge in [-0.3, -0.25) is 9.78 Å². The smallest absolute Gasteiger partial charge is 0.337 e. The largest absolute Gasteiger partial charge is 0.403 e. The van der Waals surface area contributed by atoms with Crippen LogP contribution in [0.5, 0.6) is 6.01 Å². The summed E-state index contributed by atoms with van der Waals surface area (Å²) in [6.45, 7) is 6.85. The molecule has 0 aliphatic carbocycles. The summed E-state index contributed by atoms with van der Waals surface area (Å²) < 4.78 is 10.5. The van der Waals surface area contributed by atoms with E-state index >= 15 is 0 Å². The number of morpholine rings is 1. The average molecular weight is 390 g/mol. The molecule has 0 bridgehead atoms. The van der Waals surface area contributed by atoms with Crippen LogP contribution in [0.4, 0.5) is 0 Å². The molecule has 152 valence electrons. The summed E-state index contributed by atoms with van der Waals surface area (Å²) in [7, 11) is 0. The highest BCUT2D eigenvalue weighted by atomic mass is 16.6. The highest BCUT2D eigenvalue weighted by Gasteiger charge is 2.17. The van der Waals surface area contributed by atoms with Crippen LogP contribution >= 0.6 is 0 Å². The molecule has 9 nitrogen and oxygen atoms in total. The minimum atomic E-state index is -0.536. The standard InChI is InChI=1S/C19H26N4O5/c1-3-5-7-13-12-15(24)27-18-16(13)17(25)20-19(21-18)28-22-14(6-4-2)23-8-10-26-11-9-23/h12H,3-11H2,1-2H3,(H,20,21,25)/b22-14-. The van der Waals surface area contributed by atoms with Gasteiger partial charge in [-0.15, -0.1) is 0 Å². The van der Waals surface area contributed by atoms with Crippen LogP contribution in [-0.2, 0) is 11.2 Å². The van der Waals surface area contributed by atoms with Crippen molar-refractivity contribution in [3.05, 3.63) is 32.4 Å². The fraction of sp³-hybridized carbons (Fsp3) is 0.579. The molecule has 0 aromatic carbocycles. The van der Waals surface area contributed by atoms with Gasteiger partial charge in [0, 0.05) is 25.6 Å². The van der Waals surface area contributed by atoms with Gasteiger partial charge in [0.15, 0.2) is 0 Å². The van der Waals surface area contributed by atoms with Crippen molar-refractivity contribution in [2.45, 2.75) is 46.0 Å². The number of hydrogen-bond donors (Lipinski definition) is 1. The summed E-state index contributed by atoms with van der Waals surface area (Å²) >= 11 is 0. The lowest BCUT2D eigenvalue weighted by Gasteiger charge is -2.29. The first kappa shape index (κ1) is 20.1. The molecular formula is C19H26N4O5. The maximum atomic E-state index is 12.6. The molecule has 2 aromatic rings. The molecule has 3 heterocycles. The van der Waals surface area contributed by atoms with E-state index in [2.05, 4.69) is 26.9 Å². The van der Waals surface area contributed by atoms with Crippen LogP contribution in [0, 0.1) is 0 Å². The van der Waals surface area contributed by atoms with Crippen molar-refractivity contribution in [3.63, 3.8) is 0 Å². The van der Waals surface area contributed by atoms with Crippen molar-refractivity contribution >= 4 is 16.9 Å². The Labute approximate surface area is 162 Å². The van der Waals surface area contributed by atoms with Crippen molar-refractivity contribution in [2.75, 3.05) is 26.3 Å². The molecule has 0 saturated carbocycles. The lowest BCUT2D eigenvalue weighted by molar-refractivity contribution is 0.0657. The van der Waals surface area contributed by atoms with Crippen LogP contribution in [0.1, 0.15) is 45.1 Å². The Hall–Kier alpha value is -2.68. The quantitative estimate of drug-likeness (QED) is 0.438. The normalized spacial score (nSPS) is 15.2. The van der Waals surface area contributed by atoms with Crippen molar-refractivity contribution in [1.29, 1.82) is 0 Å². The van der Waals surface area contributed by atoms with Crippen LogP contribution in [-0.4, -0.2) is 47.0 Å². The average Bonchev–Trinajstić information content (AvgIpc) is 2.69. The Kier molecular flexibility index (Phi) is 6.80. The molecule has 9 heteroatoms. The molecule has 0 atom stereocenters. The zero-order valence-corrected chi connectivity index (χ0v) is 16.3. The van der Waals surface area contributed by atoms with Crippen LogP contribution in [0.15, 0.2) is 25.2 Å². The lowest BCUT2D eigenvalue weighted by atomic mass is 10.1. The number of amidine groups is 1. The molecule has 0 unspecified atom stereocenters. The van der Waals surface area contributed by atoms with E-state index in [4.69, 9.17) is 14.0 Å². The number of aromatic amines is 1. The van der Waals surface area contributed by atoms with E-state index in [0.29, 0.717) is 25.2 Å². The molecular weight excluding hydrogens is 364 g/mol. The first-order chi connectivity index (χ1) is 13.6. The molecule has 0 radical (unpaired) electrons. The summed E-state index contributed by atoms with van der Waals surface area (Å²) in [5, 5.41) is 4.47. The molecule has 3 rings (SSSR count). The van der Waals surface area contributed by atoms with Gasteiger partial charge in [-0.1, -0.05) is 25.4 Å². The SMILES string of the molecule is CCCCc1cc(=O)oc2nc(O/N=C(/CCC)N3CCOCC3)[nH]c(=O)c12. The van der Waals surface area contributed by atoms with Gasteiger partial charge in [0.05, 0.1) is 13.2 Å². The molecule has 0 spiro atoms. The summed E-state index contributed by atoms with van der Waals surface area (Å²) in [4.78, 5) is 38.6. The number of oxime groups is 1. The second kappa shape index (κ2) is 9.50. The molecule has 1 aliphatic heterocycles. The maximum absolute atomic E-state index is 12.6. The van der Waals surface area contributed by atoms with Crippen molar-refractivity contribution < 1.29 is 14.0 Å². The Morgan fingerprint density at radius 2 is 2.07 bits per heavy atom. The molecule has 28 heavy (non-hydrogen) atoms. The second-order valence-electron chi connectivity index (χ2n) is 6.69. The third-order valence-electron chi connectivity index (χ3n) is 4.56. The van der Waals surface area contributed by atoms with Crippen molar-refractivity contribution in [2.24, 2.45) is 5.16 Å². The van der Waals surface area contributed by atoms with E-state index < -0.39 is 11.2 Å². The third-order valence-corrected chi connectivity index (χ3v) is 4.56. The van der Waals surface area contributed by atoms with Gasteiger partial charge in [0.25, 0.3) is 5.56 Å². The predicted octanol–water partition coefficient (Wildman–Crippen LogP) is 2.04. The molecule has 1 aliphatic rings. The summed E-state index contributed by atoms with van der Waals surface area (Å²) in [5.41, 5.74) is -0.340. The van der Waals surface area contributed by atoms with Crippen LogP contribution in [0.2, 0.25) is 0 Å². The fourth-order valence-corrected chi connectivity index (χ4v) is 3.14. The van der Waals surface area contributed by atoms with Crippen LogP contribution < -0.4 is 16.0 Å². The number of unbranched alkanes of at least 4 members (excludes halogenated alkanes) is 1. The van der Waals surface area contributed by atoms with Gasteiger partial charge in [-0.25, -0.2) is 4.79 Å². The van der Waals surface area contributed by atoms with E-state index in [1.807, 2.05) is 6.92 Å². The van der Waals surface area contributed by atoms with E-state index in [9.17, 15) is 9.59 Å². The molecule has 0 amide bonds. The number of ether oxygens (including phenoxy) is 1. The molecule has 1 fully saturated rings. The maximum Gasteiger partial charge on any atom is 0.337 e. The lowest BCUT2D eigenvalue weighted by Crippen LogP contribution is -2.41. The molecule has 1 saturated heterocycles. The zero-order chi connectivity index (χ0) is 19.9. The Morgan fingerprint density at radius 3 is 2.79 bits per heavy atom. The topological polar surface area (TPSA) is 110 Å². The van der Waals surface area contributed by atoms with Gasteiger partial charge in [0.1, 0.15) is 11.2 Å². The minimum absolute atomic E-state index is 0.0315. The minimum Gasteiger partial charge on any atom is -0.403 e. The fourth-order valence-electron chi connectivity index (χ4n) is 3.14. The second-order valence-corrected chi connectivity index (χ2v) is 6.69. The van der Waals surface area contributed by atoms with Gasteiger partial charge in [-0.2, -0.15) is 4.98 Å². The van der Waals surface area contributed by atoms with Gasteiger partial charge in [0.2, 0.25) is 5.71 Å². The first-order valence-corrected chi connectivity index (χ1v) is 9.76. The number of nitrogens with zero attached hydrogens (tertiary/aromatic N) is 3. The van der Waals surface area contributed by atoms with Crippen LogP contribution in [0.25, 0.3) is 11.1 Å². The highest BCUT2D eigenvalue weighted by molar-refractivity contribution is 5.82. The van der Waals surface area contributed by atoms with E-state index in [0.717, 1.165) is 44.6 Å². The van der Waals surface area contributed by atoms with Crippen LogP contribution in [0.3, 0.4) is 0 Å². The number of aromatic nitrogens is 2. The number of fused-ring (bicyclic) bond motifs is 1. The highest BCUT2D eigenvalue weighted by Crippen LogP contribution is 2.15. The molecule has 1 N–H and O–H groups in total.